The fraction of sp³-hybridized carbons (Fsp3) is 0.462. The van der Waals surface area contributed by atoms with Crippen LogP contribution in [0.15, 0.2) is 18.2 Å². The number of halogens is 2. The molecule has 5 heteroatoms. The molecule has 1 aliphatic rings. The molecule has 3 nitrogen and oxygen atoms in total. The van der Waals surface area contributed by atoms with E-state index in [9.17, 15) is 9.18 Å². The molecule has 1 aromatic carbocycles. The minimum Gasteiger partial charge on any atom is -0.481 e. The van der Waals surface area contributed by atoms with E-state index in [1.54, 1.807) is 12.1 Å². The number of benzene rings is 1. The van der Waals surface area contributed by atoms with Crippen LogP contribution in [0, 0.1) is 17.7 Å². The summed E-state index contributed by atoms with van der Waals surface area (Å²) >= 11 is 5.72. The highest BCUT2D eigenvalue weighted by Crippen LogP contribution is 2.26. The second kappa shape index (κ2) is 5.24. The summed E-state index contributed by atoms with van der Waals surface area (Å²) in [5.74, 6) is -1.47. The molecular formula is C13H15ClFNO2. The van der Waals surface area contributed by atoms with E-state index in [-0.39, 0.29) is 16.9 Å². The van der Waals surface area contributed by atoms with Crippen molar-refractivity contribution in [3.05, 3.63) is 34.6 Å². The number of hydrogen-bond acceptors (Lipinski definition) is 2. The average molecular weight is 272 g/mol. The number of likely N-dealkylation sites (tertiary alicyclic amines) is 1. The molecule has 1 saturated heterocycles. The summed E-state index contributed by atoms with van der Waals surface area (Å²) < 4.78 is 13.7. The zero-order valence-corrected chi connectivity index (χ0v) is 10.8. The summed E-state index contributed by atoms with van der Waals surface area (Å²) in [6.45, 7) is 3.44. The second-order valence-corrected chi connectivity index (χ2v) is 5.24. The van der Waals surface area contributed by atoms with Gasteiger partial charge in [-0.2, -0.15) is 0 Å². The van der Waals surface area contributed by atoms with Gasteiger partial charge in [-0.3, -0.25) is 9.69 Å². The lowest BCUT2D eigenvalue weighted by molar-refractivity contribution is -0.142. The van der Waals surface area contributed by atoms with Gasteiger partial charge < -0.3 is 5.11 Å². The van der Waals surface area contributed by atoms with Crippen LogP contribution in [-0.4, -0.2) is 29.1 Å². The first-order valence-corrected chi connectivity index (χ1v) is 6.25. The molecular weight excluding hydrogens is 257 g/mol. The Kier molecular flexibility index (Phi) is 3.88. The minimum absolute atomic E-state index is 0.0877. The third-order valence-electron chi connectivity index (χ3n) is 3.43. The molecule has 1 aromatic rings. The number of carbonyl (C=O) groups is 1. The van der Waals surface area contributed by atoms with Crippen molar-refractivity contribution in [2.24, 2.45) is 11.8 Å². The quantitative estimate of drug-likeness (QED) is 0.919. The monoisotopic (exact) mass is 271 g/mol. The molecule has 0 spiro atoms. The predicted molar refractivity (Wildman–Crippen MR) is 67.0 cm³/mol. The Bertz CT molecular complexity index is 466. The lowest BCUT2D eigenvalue weighted by Crippen LogP contribution is -2.23. The molecule has 1 fully saturated rings. The Balaban J connectivity index is 2.07. The third kappa shape index (κ3) is 2.65. The van der Waals surface area contributed by atoms with Crippen molar-refractivity contribution in [2.45, 2.75) is 13.5 Å². The highest BCUT2D eigenvalue weighted by molar-refractivity contribution is 6.30. The van der Waals surface area contributed by atoms with Crippen molar-refractivity contribution in [2.75, 3.05) is 13.1 Å². The van der Waals surface area contributed by atoms with E-state index in [1.165, 1.54) is 6.07 Å². The molecule has 1 N–H and O–H groups in total. The fourth-order valence-corrected chi connectivity index (χ4v) is 2.62. The molecule has 18 heavy (non-hydrogen) atoms. The third-order valence-corrected chi connectivity index (χ3v) is 3.72. The van der Waals surface area contributed by atoms with Gasteiger partial charge in [0.25, 0.3) is 0 Å². The summed E-state index contributed by atoms with van der Waals surface area (Å²) in [6.07, 6.45) is 0. The van der Waals surface area contributed by atoms with Crippen molar-refractivity contribution in [1.29, 1.82) is 0 Å². The van der Waals surface area contributed by atoms with Crippen LogP contribution in [0.3, 0.4) is 0 Å². The first kappa shape index (κ1) is 13.3. The van der Waals surface area contributed by atoms with Gasteiger partial charge >= 0.3 is 5.97 Å². The topological polar surface area (TPSA) is 40.5 Å². The largest absolute Gasteiger partial charge is 0.481 e. The molecule has 0 amide bonds. The standard InChI is InChI=1S/C13H15ClFNO2/c1-8-5-16(7-10(8)13(17)18)6-9-3-2-4-11(14)12(9)15/h2-4,8,10H,5-7H2,1H3,(H,17,18). The van der Waals surface area contributed by atoms with Gasteiger partial charge in [0.15, 0.2) is 0 Å². The maximum atomic E-state index is 13.7. The van der Waals surface area contributed by atoms with E-state index < -0.39 is 11.8 Å². The number of nitrogens with zero attached hydrogens (tertiary/aromatic N) is 1. The van der Waals surface area contributed by atoms with Gasteiger partial charge in [0.2, 0.25) is 0 Å². The minimum atomic E-state index is -0.781. The highest BCUT2D eigenvalue weighted by atomic mass is 35.5. The SMILES string of the molecule is CC1CN(Cc2cccc(Cl)c2F)CC1C(=O)O. The highest BCUT2D eigenvalue weighted by Gasteiger charge is 2.34. The van der Waals surface area contributed by atoms with Crippen molar-refractivity contribution >= 4 is 17.6 Å². The molecule has 0 aliphatic carbocycles. The normalized spacial score (nSPS) is 24.4. The lowest BCUT2D eigenvalue weighted by Gasteiger charge is -2.16. The predicted octanol–water partition coefficient (Wildman–Crippen LogP) is 2.63. The first-order chi connectivity index (χ1) is 8.49. The van der Waals surface area contributed by atoms with Crippen LogP contribution in [0.25, 0.3) is 0 Å². The zero-order valence-electron chi connectivity index (χ0n) is 10.1. The van der Waals surface area contributed by atoms with E-state index in [2.05, 4.69) is 0 Å². The Morgan fingerprint density at radius 2 is 2.28 bits per heavy atom. The van der Waals surface area contributed by atoms with Crippen LogP contribution < -0.4 is 0 Å². The van der Waals surface area contributed by atoms with Gasteiger partial charge in [0, 0.05) is 25.2 Å². The lowest BCUT2D eigenvalue weighted by atomic mass is 9.99. The Morgan fingerprint density at radius 1 is 1.56 bits per heavy atom. The summed E-state index contributed by atoms with van der Waals surface area (Å²) in [7, 11) is 0. The summed E-state index contributed by atoms with van der Waals surface area (Å²) in [5.41, 5.74) is 0.515. The Hall–Kier alpha value is -1.13. The van der Waals surface area contributed by atoms with Gasteiger partial charge in [0.1, 0.15) is 5.82 Å². The maximum absolute atomic E-state index is 13.7. The number of carboxylic acid groups (broad SMARTS) is 1. The van der Waals surface area contributed by atoms with Gasteiger partial charge in [-0.1, -0.05) is 30.7 Å². The number of aliphatic carboxylic acids is 1. The second-order valence-electron chi connectivity index (χ2n) is 4.83. The van der Waals surface area contributed by atoms with E-state index in [0.29, 0.717) is 25.2 Å². The Morgan fingerprint density at radius 3 is 2.89 bits per heavy atom. The number of carboxylic acids is 1. The van der Waals surface area contributed by atoms with Crippen LogP contribution >= 0.6 is 11.6 Å². The molecule has 1 aliphatic heterocycles. The van der Waals surface area contributed by atoms with Crippen molar-refractivity contribution < 1.29 is 14.3 Å². The van der Waals surface area contributed by atoms with E-state index in [1.807, 2.05) is 11.8 Å². The molecule has 2 unspecified atom stereocenters. The molecule has 0 saturated carbocycles. The van der Waals surface area contributed by atoms with Crippen LogP contribution in [0.4, 0.5) is 4.39 Å². The molecule has 2 atom stereocenters. The van der Waals surface area contributed by atoms with E-state index in [4.69, 9.17) is 16.7 Å². The first-order valence-electron chi connectivity index (χ1n) is 5.87. The van der Waals surface area contributed by atoms with Gasteiger partial charge in [-0.05, 0) is 12.0 Å². The van der Waals surface area contributed by atoms with Crippen LogP contribution in [0.1, 0.15) is 12.5 Å². The van der Waals surface area contributed by atoms with E-state index >= 15 is 0 Å². The van der Waals surface area contributed by atoms with E-state index in [0.717, 1.165) is 0 Å². The summed E-state index contributed by atoms with van der Waals surface area (Å²) in [4.78, 5) is 13.0. The molecule has 2 rings (SSSR count). The molecule has 0 radical (unpaired) electrons. The smallest absolute Gasteiger partial charge is 0.308 e. The van der Waals surface area contributed by atoms with Gasteiger partial charge in [-0.15, -0.1) is 0 Å². The van der Waals surface area contributed by atoms with Gasteiger partial charge in [0.05, 0.1) is 10.9 Å². The van der Waals surface area contributed by atoms with Crippen molar-refractivity contribution in [3.8, 4) is 0 Å². The number of rotatable bonds is 3. The fourth-order valence-electron chi connectivity index (χ4n) is 2.43. The van der Waals surface area contributed by atoms with Gasteiger partial charge in [-0.25, -0.2) is 4.39 Å². The zero-order chi connectivity index (χ0) is 13.3. The average Bonchev–Trinajstić information content (AvgIpc) is 2.66. The molecule has 1 heterocycles. The molecule has 0 bridgehead atoms. The molecule has 98 valence electrons. The summed E-state index contributed by atoms with van der Waals surface area (Å²) in [6, 6.07) is 4.89. The molecule has 0 aromatic heterocycles. The Labute approximate surface area is 110 Å². The maximum Gasteiger partial charge on any atom is 0.308 e. The number of hydrogen-bond donors (Lipinski definition) is 1. The van der Waals surface area contributed by atoms with Crippen molar-refractivity contribution in [3.63, 3.8) is 0 Å². The van der Waals surface area contributed by atoms with Crippen LogP contribution in [-0.2, 0) is 11.3 Å². The van der Waals surface area contributed by atoms with Crippen molar-refractivity contribution in [1.82, 2.24) is 4.90 Å². The van der Waals surface area contributed by atoms with Crippen LogP contribution in [0.5, 0.6) is 0 Å². The summed E-state index contributed by atoms with van der Waals surface area (Å²) in [5, 5.41) is 9.15. The van der Waals surface area contributed by atoms with Crippen LogP contribution in [0.2, 0.25) is 5.02 Å².